The standard InChI is InChI=1S/C24H24O12/c1-10(25)33-9-16-18(28)20(30)21(31)24(35-16)36-23-19(29)17-14(27)7-13(32-2)8-15(17)34-22(23)11-3-5-12(26)6-4-11/h3-8,16,18,20-21,24,26-28,30-31H,9H2,1-2H3/t16-,18+,20-,21+,24-/m0/s1. The van der Waals surface area contributed by atoms with Gasteiger partial charge < -0.3 is 48.9 Å². The number of carbonyl (C=O) groups excluding carboxylic acids is 1. The van der Waals surface area contributed by atoms with Crippen molar-refractivity contribution in [2.24, 2.45) is 0 Å². The zero-order chi connectivity index (χ0) is 26.1. The second-order valence-corrected chi connectivity index (χ2v) is 8.09. The summed E-state index contributed by atoms with van der Waals surface area (Å²) in [4.78, 5) is 24.7. The molecular weight excluding hydrogens is 480 g/mol. The highest BCUT2D eigenvalue weighted by molar-refractivity contribution is 5.88. The molecule has 192 valence electrons. The Labute approximate surface area is 203 Å². The van der Waals surface area contributed by atoms with Gasteiger partial charge in [0, 0.05) is 24.6 Å². The largest absolute Gasteiger partial charge is 0.508 e. The van der Waals surface area contributed by atoms with Crippen LogP contribution in [0.4, 0.5) is 0 Å². The third kappa shape index (κ3) is 4.79. The maximum Gasteiger partial charge on any atom is 0.302 e. The number of methoxy groups -OCH3 is 1. The third-order valence-corrected chi connectivity index (χ3v) is 5.62. The summed E-state index contributed by atoms with van der Waals surface area (Å²) in [7, 11) is 1.37. The molecule has 0 amide bonds. The van der Waals surface area contributed by atoms with Gasteiger partial charge in [0.2, 0.25) is 17.5 Å². The van der Waals surface area contributed by atoms with E-state index in [0.717, 1.165) is 6.92 Å². The molecule has 0 saturated carbocycles. The summed E-state index contributed by atoms with van der Waals surface area (Å²) >= 11 is 0. The minimum Gasteiger partial charge on any atom is -0.508 e. The van der Waals surface area contributed by atoms with E-state index in [2.05, 4.69) is 0 Å². The predicted molar refractivity (Wildman–Crippen MR) is 122 cm³/mol. The van der Waals surface area contributed by atoms with E-state index in [1.165, 1.54) is 43.5 Å². The van der Waals surface area contributed by atoms with E-state index in [1.807, 2.05) is 0 Å². The zero-order valence-electron chi connectivity index (χ0n) is 19.2. The normalized spacial score (nSPS) is 23.9. The Morgan fingerprint density at radius 3 is 2.36 bits per heavy atom. The number of hydrogen-bond donors (Lipinski definition) is 5. The smallest absolute Gasteiger partial charge is 0.302 e. The van der Waals surface area contributed by atoms with Gasteiger partial charge in [-0.1, -0.05) is 0 Å². The molecule has 0 spiro atoms. The molecule has 2 heterocycles. The number of aliphatic hydroxyl groups is 3. The number of esters is 1. The van der Waals surface area contributed by atoms with Crippen LogP contribution in [0.1, 0.15) is 6.92 Å². The van der Waals surface area contributed by atoms with Crippen molar-refractivity contribution in [3.05, 3.63) is 46.6 Å². The Balaban J connectivity index is 1.82. The number of fused-ring (bicyclic) bond motifs is 1. The number of rotatable bonds is 6. The number of aliphatic hydroxyl groups excluding tert-OH is 3. The number of ether oxygens (including phenoxy) is 4. The van der Waals surface area contributed by atoms with Crippen molar-refractivity contribution in [1.82, 2.24) is 0 Å². The van der Waals surface area contributed by atoms with Crippen LogP contribution in [0, 0.1) is 0 Å². The number of aromatic hydroxyl groups is 2. The summed E-state index contributed by atoms with van der Waals surface area (Å²) in [5.41, 5.74) is -0.598. The average Bonchev–Trinajstić information content (AvgIpc) is 2.84. The molecule has 1 aliphatic heterocycles. The first kappa shape index (κ1) is 25.3. The Morgan fingerprint density at radius 2 is 1.72 bits per heavy atom. The van der Waals surface area contributed by atoms with Crippen LogP contribution in [0.15, 0.2) is 45.6 Å². The van der Waals surface area contributed by atoms with Crippen molar-refractivity contribution in [2.75, 3.05) is 13.7 Å². The Kier molecular flexibility index (Phi) is 7.04. The highest BCUT2D eigenvalue weighted by Gasteiger charge is 2.46. The number of carbonyl (C=O) groups is 1. The van der Waals surface area contributed by atoms with Gasteiger partial charge in [-0.3, -0.25) is 9.59 Å². The predicted octanol–water partition coefficient (Wildman–Crippen LogP) is 0.629. The van der Waals surface area contributed by atoms with Crippen LogP contribution in [-0.4, -0.2) is 75.9 Å². The van der Waals surface area contributed by atoms with Crippen LogP contribution < -0.4 is 14.9 Å². The lowest BCUT2D eigenvalue weighted by molar-refractivity contribution is -0.278. The fraction of sp³-hybridized carbons (Fsp3) is 0.333. The first-order valence-corrected chi connectivity index (χ1v) is 10.8. The van der Waals surface area contributed by atoms with Gasteiger partial charge in [0.25, 0.3) is 0 Å². The third-order valence-electron chi connectivity index (χ3n) is 5.62. The molecule has 0 aliphatic carbocycles. The summed E-state index contributed by atoms with van der Waals surface area (Å²) < 4.78 is 27.1. The molecule has 1 fully saturated rings. The fourth-order valence-electron chi connectivity index (χ4n) is 3.75. The summed E-state index contributed by atoms with van der Waals surface area (Å²) in [5, 5.41) is 50.9. The highest BCUT2D eigenvalue weighted by Crippen LogP contribution is 2.37. The molecular formula is C24H24O12. The first-order valence-electron chi connectivity index (χ1n) is 10.8. The summed E-state index contributed by atoms with van der Waals surface area (Å²) in [6.45, 7) is 0.679. The summed E-state index contributed by atoms with van der Waals surface area (Å²) in [5.74, 6) is -1.61. The van der Waals surface area contributed by atoms with Crippen molar-refractivity contribution in [1.29, 1.82) is 0 Å². The molecule has 1 saturated heterocycles. The fourth-order valence-corrected chi connectivity index (χ4v) is 3.75. The Hall–Kier alpha value is -3.84. The molecule has 1 aliphatic rings. The molecule has 12 heteroatoms. The zero-order valence-corrected chi connectivity index (χ0v) is 19.2. The van der Waals surface area contributed by atoms with Gasteiger partial charge in [-0.15, -0.1) is 0 Å². The van der Waals surface area contributed by atoms with Gasteiger partial charge in [0.1, 0.15) is 59.2 Å². The maximum absolute atomic E-state index is 13.5. The average molecular weight is 504 g/mol. The summed E-state index contributed by atoms with van der Waals surface area (Å²) in [6.07, 6.45) is -8.21. The van der Waals surface area contributed by atoms with Crippen molar-refractivity contribution >= 4 is 16.9 Å². The molecule has 0 bridgehead atoms. The molecule has 3 aromatic rings. The maximum atomic E-state index is 13.5. The van der Waals surface area contributed by atoms with E-state index >= 15 is 0 Å². The van der Waals surface area contributed by atoms with Gasteiger partial charge in [0.05, 0.1) is 7.11 Å². The van der Waals surface area contributed by atoms with E-state index in [4.69, 9.17) is 23.4 Å². The second-order valence-electron chi connectivity index (χ2n) is 8.09. The number of phenols is 2. The first-order chi connectivity index (χ1) is 17.1. The van der Waals surface area contributed by atoms with Crippen LogP contribution in [-0.2, 0) is 14.3 Å². The van der Waals surface area contributed by atoms with Crippen LogP contribution in [0.5, 0.6) is 23.0 Å². The number of hydrogen-bond acceptors (Lipinski definition) is 12. The van der Waals surface area contributed by atoms with Crippen molar-refractivity contribution < 1.29 is 53.7 Å². The van der Waals surface area contributed by atoms with Gasteiger partial charge in [-0.05, 0) is 24.3 Å². The lowest BCUT2D eigenvalue weighted by atomic mass is 9.99. The van der Waals surface area contributed by atoms with Crippen molar-refractivity contribution in [2.45, 2.75) is 37.6 Å². The monoisotopic (exact) mass is 504 g/mol. The van der Waals surface area contributed by atoms with E-state index in [0.29, 0.717) is 0 Å². The molecule has 1 aromatic heterocycles. The van der Waals surface area contributed by atoms with E-state index < -0.39 is 60.2 Å². The topological polar surface area (TPSA) is 185 Å². The van der Waals surface area contributed by atoms with E-state index in [-0.39, 0.29) is 33.8 Å². The molecule has 12 nitrogen and oxygen atoms in total. The minimum atomic E-state index is -1.82. The lowest BCUT2D eigenvalue weighted by Gasteiger charge is -2.39. The summed E-state index contributed by atoms with van der Waals surface area (Å²) in [6, 6.07) is 8.14. The molecule has 36 heavy (non-hydrogen) atoms. The van der Waals surface area contributed by atoms with Gasteiger partial charge in [-0.25, -0.2) is 0 Å². The Morgan fingerprint density at radius 1 is 1.03 bits per heavy atom. The minimum absolute atomic E-state index is 0.0411. The van der Waals surface area contributed by atoms with Gasteiger partial charge in [0.15, 0.2) is 5.76 Å². The number of benzene rings is 2. The van der Waals surface area contributed by atoms with Crippen molar-refractivity contribution in [3.8, 4) is 34.3 Å². The van der Waals surface area contributed by atoms with Gasteiger partial charge >= 0.3 is 5.97 Å². The van der Waals surface area contributed by atoms with Crippen LogP contribution >= 0.6 is 0 Å². The molecule has 5 N–H and O–H groups in total. The molecule has 0 radical (unpaired) electrons. The van der Waals surface area contributed by atoms with Crippen LogP contribution in [0.25, 0.3) is 22.3 Å². The van der Waals surface area contributed by atoms with Crippen molar-refractivity contribution in [3.63, 3.8) is 0 Å². The molecule has 5 atom stereocenters. The van der Waals surface area contributed by atoms with Gasteiger partial charge in [-0.2, -0.15) is 0 Å². The molecule has 2 aromatic carbocycles. The molecule has 4 rings (SSSR count). The molecule has 0 unspecified atom stereocenters. The lowest BCUT2D eigenvalue weighted by Crippen LogP contribution is -2.60. The Bertz CT molecular complexity index is 1320. The van der Waals surface area contributed by atoms with Crippen LogP contribution in [0.3, 0.4) is 0 Å². The van der Waals surface area contributed by atoms with Crippen LogP contribution in [0.2, 0.25) is 0 Å². The second kappa shape index (κ2) is 10.0. The van der Waals surface area contributed by atoms with E-state index in [1.54, 1.807) is 0 Å². The highest BCUT2D eigenvalue weighted by atomic mass is 16.7. The van der Waals surface area contributed by atoms with E-state index in [9.17, 15) is 35.1 Å². The SMILES string of the molecule is COc1cc(O)c2c(=O)c(O[C@@H]3O[C@@H](COC(C)=O)[C@@H](O)[C@H](O)[C@H]3O)c(-c3ccc(O)cc3)oc2c1. The quantitative estimate of drug-likeness (QED) is 0.295. The number of phenolic OH excluding ortho intramolecular Hbond substituents is 2.